The summed E-state index contributed by atoms with van der Waals surface area (Å²) in [6.07, 6.45) is 4.99. The van der Waals surface area contributed by atoms with Crippen LogP contribution >= 0.6 is 0 Å². The summed E-state index contributed by atoms with van der Waals surface area (Å²) in [5.74, 6) is 0.216. The van der Waals surface area contributed by atoms with Crippen LogP contribution in [-0.4, -0.2) is 31.8 Å². The lowest BCUT2D eigenvalue weighted by Crippen LogP contribution is -2.28. The van der Waals surface area contributed by atoms with Crippen LogP contribution in [0.25, 0.3) is 0 Å². The summed E-state index contributed by atoms with van der Waals surface area (Å²) in [5, 5.41) is 10.2. The maximum absolute atomic E-state index is 12.3. The van der Waals surface area contributed by atoms with E-state index in [1.54, 1.807) is 19.3 Å². The van der Waals surface area contributed by atoms with Gasteiger partial charge in [0, 0.05) is 29.2 Å². The predicted molar refractivity (Wildman–Crippen MR) is 97.1 cm³/mol. The SMILES string of the molecule is Cc1cc(C2=NCc3cc(CC(=O)NC(C)c4nnco4)ncc32)ccn1. The maximum atomic E-state index is 12.3. The zero-order valence-corrected chi connectivity index (χ0v) is 15.0. The summed E-state index contributed by atoms with van der Waals surface area (Å²) in [7, 11) is 0. The lowest BCUT2D eigenvalue weighted by molar-refractivity contribution is -0.121. The molecule has 27 heavy (non-hydrogen) atoms. The molecular formula is C19H18N6O2. The molecule has 3 aromatic heterocycles. The van der Waals surface area contributed by atoms with Gasteiger partial charge in [0.05, 0.1) is 24.4 Å². The highest BCUT2D eigenvalue weighted by Gasteiger charge is 2.20. The van der Waals surface area contributed by atoms with Crippen molar-refractivity contribution >= 4 is 11.6 Å². The molecule has 0 spiro atoms. The van der Waals surface area contributed by atoms with Gasteiger partial charge in [-0.15, -0.1) is 10.2 Å². The molecule has 1 atom stereocenters. The number of amides is 1. The third kappa shape index (κ3) is 3.59. The Balaban J connectivity index is 1.46. The molecule has 0 radical (unpaired) electrons. The quantitative estimate of drug-likeness (QED) is 0.743. The normalized spacial score (nSPS) is 13.8. The second kappa shape index (κ2) is 7.06. The summed E-state index contributed by atoms with van der Waals surface area (Å²) in [4.78, 5) is 25.6. The molecule has 1 aliphatic rings. The van der Waals surface area contributed by atoms with Crippen LogP contribution in [0.5, 0.6) is 0 Å². The minimum absolute atomic E-state index is 0.156. The van der Waals surface area contributed by atoms with Crippen molar-refractivity contribution in [2.75, 3.05) is 0 Å². The summed E-state index contributed by atoms with van der Waals surface area (Å²) < 4.78 is 5.10. The third-order valence-electron chi connectivity index (χ3n) is 4.35. The molecule has 0 aliphatic carbocycles. The number of rotatable bonds is 5. The number of pyridine rings is 2. The molecule has 0 bridgehead atoms. The van der Waals surface area contributed by atoms with E-state index in [1.165, 1.54) is 6.39 Å². The van der Waals surface area contributed by atoms with Crippen molar-refractivity contribution in [3.05, 3.63) is 71.0 Å². The number of hydrogen-bond acceptors (Lipinski definition) is 7. The van der Waals surface area contributed by atoms with E-state index in [4.69, 9.17) is 4.42 Å². The fraction of sp³-hybridized carbons (Fsp3) is 0.263. The Morgan fingerprint density at radius 1 is 1.33 bits per heavy atom. The number of aliphatic imine (C=N–C) groups is 1. The molecule has 3 aromatic rings. The molecule has 4 rings (SSSR count). The zero-order chi connectivity index (χ0) is 18.8. The number of aromatic nitrogens is 4. The standard InChI is InChI=1S/C19H18N6O2/c1-11-5-13(3-4-20-11)18-16-9-21-15(6-14(16)8-22-18)7-17(26)24-12(2)19-25-23-10-27-19/h3-6,9-10,12H,7-8H2,1-2H3,(H,24,26). The average molecular weight is 362 g/mol. The largest absolute Gasteiger partial charge is 0.426 e. The molecule has 1 unspecified atom stereocenters. The number of nitrogens with one attached hydrogen (secondary N) is 1. The van der Waals surface area contributed by atoms with Crippen LogP contribution in [0, 0.1) is 6.92 Å². The zero-order valence-electron chi connectivity index (χ0n) is 15.0. The number of fused-ring (bicyclic) bond motifs is 1. The van der Waals surface area contributed by atoms with Gasteiger partial charge in [0.15, 0.2) is 0 Å². The Kier molecular flexibility index (Phi) is 4.45. The molecule has 0 saturated carbocycles. The van der Waals surface area contributed by atoms with Crippen LogP contribution in [0.4, 0.5) is 0 Å². The number of nitrogens with zero attached hydrogens (tertiary/aromatic N) is 5. The molecule has 1 amide bonds. The highest BCUT2D eigenvalue weighted by atomic mass is 16.4. The van der Waals surface area contributed by atoms with Crippen LogP contribution in [0.3, 0.4) is 0 Å². The fourth-order valence-electron chi connectivity index (χ4n) is 3.07. The van der Waals surface area contributed by atoms with E-state index in [1.807, 2.05) is 25.1 Å². The molecular weight excluding hydrogens is 344 g/mol. The highest BCUT2D eigenvalue weighted by molar-refractivity contribution is 6.15. The first-order chi connectivity index (χ1) is 13.1. The van der Waals surface area contributed by atoms with Gasteiger partial charge in [0.25, 0.3) is 0 Å². The molecule has 136 valence electrons. The molecule has 0 aromatic carbocycles. The minimum atomic E-state index is -0.348. The van der Waals surface area contributed by atoms with E-state index in [0.717, 1.165) is 28.1 Å². The van der Waals surface area contributed by atoms with Crippen molar-refractivity contribution in [1.29, 1.82) is 0 Å². The van der Waals surface area contributed by atoms with E-state index in [9.17, 15) is 4.79 Å². The van der Waals surface area contributed by atoms with Crippen molar-refractivity contribution in [3.63, 3.8) is 0 Å². The second-order valence-corrected chi connectivity index (χ2v) is 6.43. The molecule has 8 nitrogen and oxygen atoms in total. The summed E-state index contributed by atoms with van der Waals surface area (Å²) >= 11 is 0. The van der Waals surface area contributed by atoms with Gasteiger partial charge in [0.1, 0.15) is 6.04 Å². The maximum Gasteiger partial charge on any atom is 0.238 e. The smallest absolute Gasteiger partial charge is 0.238 e. The Morgan fingerprint density at radius 2 is 2.22 bits per heavy atom. The Morgan fingerprint density at radius 3 is 3.00 bits per heavy atom. The summed E-state index contributed by atoms with van der Waals surface area (Å²) in [5.41, 5.74) is 5.67. The molecule has 1 N–H and O–H groups in total. The minimum Gasteiger partial charge on any atom is -0.426 e. The number of carbonyl (C=O) groups is 1. The summed E-state index contributed by atoms with van der Waals surface area (Å²) in [6.45, 7) is 4.33. The van der Waals surface area contributed by atoms with E-state index in [0.29, 0.717) is 18.1 Å². The van der Waals surface area contributed by atoms with Crippen LogP contribution in [0.2, 0.25) is 0 Å². The van der Waals surface area contributed by atoms with Gasteiger partial charge in [-0.1, -0.05) is 0 Å². The van der Waals surface area contributed by atoms with Gasteiger partial charge in [-0.05, 0) is 37.6 Å². The van der Waals surface area contributed by atoms with E-state index in [-0.39, 0.29) is 18.4 Å². The average Bonchev–Trinajstić information content (AvgIpc) is 3.31. The lowest BCUT2D eigenvalue weighted by Gasteiger charge is -2.10. The van der Waals surface area contributed by atoms with Gasteiger partial charge in [0.2, 0.25) is 18.2 Å². The van der Waals surface area contributed by atoms with Gasteiger partial charge < -0.3 is 9.73 Å². The fourth-order valence-corrected chi connectivity index (χ4v) is 3.07. The van der Waals surface area contributed by atoms with Crippen LogP contribution in [-0.2, 0) is 17.8 Å². The van der Waals surface area contributed by atoms with Crippen molar-refractivity contribution in [2.24, 2.45) is 4.99 Å². The van der Waals surface area contributed by atoms with E-state index >= 15 is 0 Å². The predicted octanol–water partition coefficient (Wildman–Crippen LogP) is 1.94. The number of hydrogen-bond donors (Lipinski definition) is 1. The first-order valence-corrected chi connectivity index (χ1v) is 8.61. The number of aryl methyl sites for hydroxylation is 1. The van der Waals surface area contributed by atoms with Gasteiger partial charge in [-0.25, -0.2) is 0 Å². The van der Waals surface area contributed by atoms with Crippen LogP contribution in [0.15, 0.2) is 46.4 Å². The van der Waals surface area contributed by atoms with Gasteiger partial charge >= 0.3 is 0 Å². The molecule has 0 saturated heterocycles. The molecule has 8 heteroatoms. The topological polar surface area (TPSA) is 106 Å². The van der Waals surface area contributed by atoms with E-state index < -0.39 is 0 Å². The van der Waals surface area contributed by atoms with E-state index in [2.05, 4.69) is 30.5 Å². The Bertz CT molecular complexity index is 1010. The summed E-state index contributed by atoms with van der Waals surface area (Å²) in [6, 6.07) is 5.55. The van der Waals surface area contributed by atoms with Gasteiger partial charge in [-0.2, -0.15) is 0 Å². The monoisotopic (exact) mass is 362 g/mol. The van der Waals surface area contributed by atoms with Crippen molar-refractivity contribution < 1.29 is 9.21 Å². The highest BCUT2D eigenvalue weighted by Crippen LogP contribution is 2.23. The second-order valence-electron chi connectivity index (χ2n) is 6.43. The Hall–Kier alpha value is -3.42. The van der Waals surface area contributed by atoms with Crippen molar-refractivity contribution in [2.45, 2.75) is 32.9 Å². The van der Waals surface area contributed by atoms with Gasteiger partial charge in [-0.3, -0.25) is 19.8 Å². The Labute approximate surface area is 155 Å². The van der Waals surface area contributed by atoms with Crippen molar-refractivity contribution in [1.82, 2.24) is 25.5 Å². The first kappa shape index (κ1) is 17.0. The van der Waals surface area contributed by atoms with Crippen LogP contribution in [0.1, 0.15) is 46.9 Å². The third-order valence-corrected chi connectivity index (χ3v) is 4.35. The molecule has 4 heterocycles. The lowest BCUT2D eigenvalue weighted by atomic mass is 10.0. The van der Waals surface area contributed by atoms with Crippen LogP contribution < -0.4 is 5.32 Å². The first-order valence-electron chi connectivity index (χ1n) is 8.61. The molecule has 1 aliphatic heterocycles. The van der Waals surface area contributed by atoms with Crippen molar-refractivity contribution in [3.8, 4) is 0 Å². The molecule has 0 fully saturated rings. The number of carbonyl (C=O) groups excluding carboxylic acids is 1.